The van der Waals surface area contributed by atoms with Crippen molar-refractivity contribution >= 4 is 11.0 Å². The Morgan fingerprint density at radius 2 is 2.00 bits per heavy atom. The van der Waals surface area contributed by atoms with Crippen LogP contribution in [-0.4, -0.2) is 24.0 Å². The average molecular weight is 344 g/mol. The van der Waals surface area contributed by atoms with Gasteiger partial charge in [0.2, 0.25) is 0 Å². The van der Waals surface area contributed by atoms with E-state index in [0.717, 1.165) is 35.3 Å². The molecule has 1 unspecified atom stereocenters. The molecule has 0 amide bonds. The van der Waals surface area contributed by atoms with E-state index in [4.69, 9.17) is 9.68 Å². The molecule has 0 radical (unpaired) electrons. The van der Waals surface area contributed by atoms with Crippen LogP contribution >= 0.6 is 0 Å². The van der Waals surface area contributed by atoms with Gasteiger partial charge in [-0.1, -0.05) is 12.1 Å². The molecule has 132 valence electrons. The summed E-state index contributed by atoms with van der Waals surface area (Å²) in [6, 6.07) is 17.2. The van der Waals surface area contributed by atoms with Crippen molar-refractivity contribution in [1.82, 2.24) is 4.90 Å². The molecule has 2 heterocycles. The first-order chi connectivity index (χ1) is 12.6. The van der Waals surface area contributed by atoms with E-state index in [0.29, 0.717) is 11.6 Å². The van der Waals surface area contributed by atoms with Crippen molar-refractivity contribution in [2.75, 3.05) is 13.1 Å². The van der Waals surface area contributed by atoms with Crippen LogP contribution in [0, 0.1) is 18.3 Å². The molecule has 3 aromatic rings. The van der Waals surface area contributed by atoms with Crippen LogP contribution in [0.4, 0.5) is 0 Å². The Morgan fingerprint density at radius 1 is 1.19 bits per heavy atom. The number of rotatable bonds is 4. The van der Waals surface area contributed by atoms with Crippen LogP contribution in [0.15, 0.2) is 46.9 Å². The zero-order chi connectivity index (χ0) is 18.1. The first-order valence-corrected chi connectivity index (χ1v) is 9.42. The fourth-order valence-electron chi connectivity index (χ4n) is 3.98. The van der Waals surface area contributed by atoms with Gasteiger partial charge in [-0.15, -0.1) is 0 Å². The highest BCUT2D eigenvalue weighted by Gasteiger charge is 2.20. The molecule has 2 aromatic carbocycles. The Morgan fingerprint density at radius 3 is 2.69 bits per heavy atom. The lowest BCUT2D eigenvalue weighted by Crippen LogP contribution is -2.28. The number of hydrogen-bond acceptors (Lipinski definition) is 3. The second kappa shape index (κ2) is 6.97. The quantitative estimate of drug-likeness (QED) is 0.644. The van der Waals surface area contributed by atoms with Gasteiger partial charge in [0.25, 0.3) is 0 Å². The van der Waals surface area contributed by atoms with Gasteiger partial charge in [-0.05, 0) is 80.3 Å². The maximum absolute atomic E-state index is 8.98. The van der Waals surface area contributed by atoms with E-state index < -0.39 is 0 Å². The molecule has 0 N–H and O–H groups in total. The smallest absolute Gasteiger partial charge is 0.134 e. The van der Waals surface area contributed by atoms with Gasteiger partial charge in [0.05, 0.1) is 11.6 Å². The minimum absolute atomic E-state index is 0.689. The molecule has 1 aromatic heterocycles. The number of benzene rings is 2. The minimum atomic E-state index is 0.689. The highest BCUT2D eigenvalue weighted by atomic mass is 16.3. The van der Waals surface area contributed by atoms with Crippen molar-refractivity contribution < 1.29 is 4.42 Å². The molecule has 0 saturated carbocycles. The molecule has 4 rings (SSSR count). The van der Waals surface area contributed by atoms with Crippen LogP contribution < -0.4 is 0 Å². The standard InChI is InChI=1S/C23H24N2O/c1-16-12-23-20(14-22(16)19-7-5-18(15-24)6-8-19)13-21(26-23)9-11-25-10-3-4-17(25)2/h5-8,12-14,17H,3-4,9-11H2,1-2H3. The van der Waals surface area contributed by atoms with Gasteiger partial charge in [0, 0.05) is 24.4 Å². The van der Waals surface area contributed by atoms with Gasteiger partial charge in [-0.3, -0.25) is 0 Å². The molecule has 0 bridgehead atoms. The lowest BCUT2D eigenvalue weighted by molar-refractivity contribution is 0.266. The predicted molar refractivity (Wildman–Crippen MR) is 105 cm³/mol. The summed E-state index contributed by atoms with van der Waals surface area (Å²) in [5.74, 6) is 1.07. The molecular formula is C23H24N2O. The van der Waals surface area contributed by atoms with Gasteiger partial charge in [-0.2, -0.15) is 5.26 Å². The van der Waals surface area contributed by atoms with Gasteiger partial charge in [0.1, 0.15) is 11.3 Å². The summed E-state index contributed by atoms with van der Waals surface area (Å²) >= 11 is 0. The number of nitriles is 1. The first kappa shape index (κ1) is 16.9. The van der Waals surface area contributed by atoms with Crippen molar-refractivity contribution in [3.05, 3.63) is 59.4 Å². The fourth-order valence-corrected chi connectivity index (χ4v) is 3.98. The van der Waals surface area contributed by atoms with Crippen LogP contribution in [-0.2, 0) is 6.42 Å². The zero-order valence-electron chi connectivity index (χ0n) is 15.5. The maximum Gasteiger partial charge on any atom is 0.134 e. The van der Waals surface area contributed by atoms with E-state index >= 15 is 0 Å². The van der Waals surface area contributed by atoms with Crippen molar-refractivity contribution in [3.63, 3.8) is 0 Å². The van der Waals surface area contributed by atoms with Gasteiger partial charge >= 0.3 is 0 Å². The Balaban J connectivity index is 1.59. The molecule has 26 heavy (non-hydrogen) atoms. The normalized spacial score (nSPS) is 17.7. The third-order valence-corrected chi connectivity index (χ3v) is 5.58. The van der Waals surface area contributed by atoms with Gasteiger partial charge < -0.3 is 9.32 Å². The van der Waals surface area contributed by atoms with Crippen molar-refractivity contribution in [1.29, 1.82) is 5.26 Å². The first-order valence-electron chi connectivity index (χ1n) is 9.42. The summed E-state index contributed by atoms with van der Waals surface area (Å²) in [6.45, 7) is 6.71. The predicted octanol–water partition coefficient (Wildman–Crippen LogP) is 5.31. The van der Waals surface area contributed by atoms with E-state index in [1.807, 2.05) is 24.3 Å². The average Bonchev–Trinajstić information content (AvgIpc) is 3.24. The van der Waals surface area contributed by atoms with Crippen LogP contribution in [0.1, 0.15) is 36.7 Å². The molecule has 1 aliphatic rings. The van der Waals surface area contributed by atoms with Crippen molar-refractivity contribution in [2.45, 2.75) is 39.2 Å². The second-order valence-electron chi connectivity index (χ2n) is 7.38. The van der Waals surface area contributed by atoms with Crippen LogP contribution in [0.2, 0.25) is 0 Å². The van der Waals surface area contributed by atoms with E-state index in [1.165, 1.54) is 30.5 Å². The van der Waals surface area contributed by atoms with E-state index in [2.05, 4.69) is 43.0 Å². The Hall–Kier alpha value is -2.57. The molecule has 0 aliphatic carbocycles. The molecule has 0 spiro atoms. The summed E-state index contributed by atoms with van der Waals surface area (Å²) in [6.07, 6.45) is 3.59. The SMILES string of the molecule is Cc1cc2oc(CCN3CCCC3C)cc2cc1-c1ccc(C#N)cc1. The molecule has 1 atom stereocenters. The van der Waals surface area contributed by atoms with Gasteiger partial charge in [0.15, 0.2) is 0 Å². The molecule has 3 nitrogen and oxygen atoms in total. The van der Waals surface area contributed by atoms with Crippen LogP contribution in [0.25, 0.3) is 22.1 Å². The topological polar surface area (TPSA) is 40.2 Å². The lowest BCUT2D eigenvalue weighted by Gasteiger charge is -2.19. The fraction of sp³-hybridized carbons (Fsp3) is 0.348. The largest absolute Gasteiger partial charge is 0.461 e. The number of likely N-dealkylation sites (tertiary alicyclic amines) is 1. The molecule has 3 heteroatoms. The lowest BCUT2D eigenvalue weighted by atomic mass is 9.98. The summed E-state index contributed by atoms with van der Waals surface area (Å²) in [7, 11) is 0. The zero-order valence-corrected chi connectivity index (χ0v) is 15.5. The number of furan rings is 1. The highest BCUT2D eigenvalue weighted by Crippen LogP contribution is 2.30. The van der Waals surface area contributed by atoms with Gasteiger partial charge in [-0.25, -0.2) is 0 Å². The third kappa shape index (κ3) is 3.25. The second-order valence-corrected chi connectivity index (χ2v) is 7.38. The summed E-state index contributed by atoms with van der Waals surface area (Å²) in [5.41, 5.74) is 5.18. The summed E-state index contributed by atoms with van der Waals surface area (Å²) in [4.78, 5) is 2.56. The maximum atomic E-state index is 8.98. The number of hydrogen-bond donors (Lipinski definition) is 0. The monoisotopic (exact) mass is 344 g/mol. The molecule has 1 aliphatic heterocycles. The van der Waals surface area contributed by atoms with Crippen LogP contribution in [0.3, 0.4) is 0 Å². The molecular weight excluding hydrogens is 320 g/mol. The minimum Gasteiger partial charge on any atom is -0.461 e. The Kier molecular flexibility index (Phi) is 4.53. The highest BCUT2D eigenvalue weighted by molar-refractivity contribution is 5.86. The number of fused-ring (bicyclic) bond motifs is 1. The van der Waals surface area contributed by atoms with Crippen molar-refractivity contribution in [2.24, 2.45) is 0 Å². The van der Waals surface area contributed by atoms with E-state index in [1.54, 1.807) is 0 Å². The Bertz CT molecular complexity index is 962. The summed E-state index contributed by atoms with van der Waals surface area (Å²) in [5, 5.41) is 10.1. The summed E-state index contributed by atoms with van der Waals surface area (Å²) < 4.78 is 6.10. The third-order valence-electron chi connectivity index (χ3n) is 5.58. The Labute approximate surface area is 154 Å². The van der Waals surface area contributed by atoms with E-state index in [9.17, 15) is 0 Å². The van der Waals surface area contributed by atoms with Crippen LogP contribution in [0.5, 0.6) is 0 Å². The number of aryl methyl sites for hydroxylation is 1. The molecule has 1 saturated heterocycles. The number of nitrogens with zero attached hydrogens (tertiary/aromatic N) is 2. The molecule has 1 fully saturated rings. The van der Waals surface area contributed by atoms with E-state index in [-0.39, 0.29) is 0 Å². The van der Waals surface area contributed by atoms with Crippen molar-refractivity contribution in [3.8, 4) is 17.2 Å².